The number of hydrogen-bond acceptors (Lipinski definition) is 2. The molecule has 0 bridgehead atoms. The predicted octanol–water partition coefficient (Wildman–Crippen LogP) is 4.55. The van der Waals surface area contributed by atoms with Crippen LogP contribution in [0.1, 0.15) is 60.8 Å². The molecule has 0 aliphatic carbocycles. The third-order valence-electron chi connectivity index (χ3n) is 2.21. The van der Waals surface area contributed by atoms with Crippen LogP contribution in [0, 0.1) is 10.8 Å². The molecule has 0 rings (SSSR count). The summed E-state index contributed by atoms with van der Waals surface area (Å²) in [4.78, 5) is 11.6. The van der Waals surface area contributed by atoms with Gasteiger partial charge in [0, 0.05) is 18.6 Å². The molecule has 0 saturated heterocycles. The van der Waals surface area contributed by atoms with E-state index >= 15 is 0 Å². The Kier molecular flexibility index (Phi) is 6.69. The molecule has 0 radical (unpaired) electrons. The minimum absolute atomic E-state index is 0.286. The molecule has 0 N–H and O–H groups in total. The van der Waals surface area contributed by atoms with Crippen LogP contribution in [-0.2, 0) is 4.79 Å². The fourth-order valence-electron chi connectivity index (χ4n) is 1.20. The number of Topliss-reactive ketones (excluding diaryl/α,β-unsaturated/α-hetero) is 1. The van der Waals surface area contributed by atoms with Gasteiger partial charge in [-0.25, -0.2) is 0 Å². The van der Waals surface area contributed by atoms with E-state index in [-0.39, 0.29) is 5.41 Å². The molecular formula is C14H28OS. The highest BCUT2D eigenvalue weighted by Crippen LogP contribution is 2.23. The molecule has 0 spiro atoms. The SMILES string of the molecule is CC(C)(C)CCC(=O)CCSCC(C)(C)C. The second kappa shape index (κ2) is 6.68. The molecule has 2 heteroatoms. The lowest BCUT2D eigenvalue weighted by Crippen LogP contribution is -2.11. The summed E-state index contributed by atoms with van der Waals surface area (Å²) in [5.41, 5.74) is 0.660. The van der Waals surface area contributed by atoms with E-state index in [1.165, 1.54) is 0 Å². The van der Waals surface area contributed by atoms with E-state index in [9.17, 15) is 4.79 Å². The van der Waals surface area contributed by atoms with Crippen molar-refractivity contribution in [1.82, 2.24) is 0 Å². The van der Waals surface area contributed by atoms with Gasteiger partial charge >= 0.3 is 0 Å². The van der Waals surface area contributed by atoms with Crippen molar-refractivity contribution in [3.05, 3.63) is 0 Å². The second-order valence-corrected chi connectivity index (χ2v) is 8.07. The first-order chi connectivity index (χ1) is 7.10. The molecule has 1 nitrogen and oxygen atoms in total. The van der Waals surface area contributed by atoms with Crippen molar-refractivity contribution in [1.29, 1.82) is 0 Å². The standard InChI is InChI=1S/C14H28OS/c1-13(2,3)9-7-12(15)8-10-16-11-14(4,5)6/h7-11H2,1-6H3. The number of thioether (sulfide) groups is 1. The number of rotatable bonds is 6. The highest BCUT2D eigenvalue weighted by Gasteiger charge is 2.13. The topological polar surface area (TPSA) is 17.1 Å². The number of ketones is 1. The van der Waals surface area contributed by atoms with Crippen LogP contribution in [-0.4, -0.2) is 17.3 Å². The van der Waals surface area contributed by atoms with Gasteiger partial charge in [-0.05, 0) is 23.0 Å². The summed E-state index contributed by atoms with van der Waals surface area (Å²) < 4.78 is 0. The normalized spacial score (nSPS) is 12.9. The lowest BCUT2D eigenvalue weighted by atomic mass is 9.89. The van der Waals surface area contributed by atoms with Crippen molar-refractivity contribution < 1.29 is 4.79 Å². The van der Waals surface area contributed by atoms with Gasteiger partial charge in [0.2, 0.25) is 0 Å². The van der Waals surface area contributed by atoms with Crippen molar-refractivity contribution in [3.8, 4) is 0 Å². The van der Waals surface area contributed by atoms with Gasteiger partial charge in [0.05, 0.1) is 0 Å². The lowest BCUT2D eigenvalue weighted by molar-refractivity contribution is -0.119. The molecule has 0 aromatic carbocycles. The Labute approximate surface area is 106 Å². The van der Waals surface area contributed by atoms with Gasteiger partial charge in [-0.1, -0.05) is 41.5 Å². The molecular weight excluding hydrogens is 216 g/mol. The predicted molar refractivity (Wildman–Crippen MR) is 75.1 cm³/mol. The molecule has 0 heterocycles. The highest BCUT2D eigenvalue weighted by molar-refractivity contribution is 7.99. The molecule has 0 aromatic rings. The van der Waals surface area contributed by atoms with E-state index in [1.807, 2.05) is 11.8 Å². The molecule has 96 valence electrons. The number of hydrogen-bond donors (Lipinski definition) is 0. The minimum Gasteiger partial charge on any atom is -0.300 e. The average Bonchev–Trinajstić information content (AvgIpc) is 2.06. The van der Waals surface area contributed by atoms with Crippen LogP contribution in [0.15, 0.2) is 0 Å². The van der Waals surface area contributed by atoms with E-state index in [0.29, 0.717) is 11.2 Å². The van der Waals surface area contributed by atoms with E-state index < -0.39 is 0 Å². The molecule has 0 amide bonds. The number of carbonyl (C=O) groups is 1. The molecule has 0 aromatic heterocycles. The van der Waals surface area contributed by atoms with Gasteiger partial charge < -0.3 is 0 Å². The van der Waals surface area contributed by atoms with Crippen molar-refractivity contribution in [2.45, 2.75) is 60.8 Å². The first-order valence-corrected chi connectivity index (χ1v) is 7.35. The van der Waals surface area contributed by atoms with Crippen molar-refractivity contribution in [2.24, 2.45) is 10.8 Å². The Morgan fingerprint density at radius 3 is 1.94 bits per heavy atom. The zero-order valence-corrected chi connectivity index (χ0v) is 12.7. The lowest BCUT2D eigenvalue weighted by Gasteiger charge is -2.18. The van der Waals surface area contributed by atoms with E-state index in [0.717, 1.165) is 30.8 Å². The molecule has 0 unspecified atom stereocenters. The van der Waals surface area contributed by atoms with Crippen LogP contribution in [0.25, 0.3) is 0 Å². The molecule has 0 aliphatic heterocycles. The minimum atomic E-state index is 0.286. The fourth-order valence-corrected chi connectivity index (χ4v) is 2.33. The molecule has 0 fully saturated rings. The Morgan fingerprint density at radius 1 is 0.938 bits per heavy atom. The van der Waals surface area contributed by atoms with E-state index in [4.69, 9.17) is 0 Å². The third kappa shape index (κ3) is 12.1. The quantitative estimate of drug-likeness (QED) is 0.638. The first-order valence-electron chi connectivity index (χ1n) is 6.20. The van der Waals surface area contributed by atoms with Gasteiger partial charge in [-0.3, -0.25) is 4.79 Å². The highest BCUT2D eigenvalue weighted by atomic mass is 32.2. The van der Waals surface area contributed by atoms with Gasteiger partial charge in [0.15, 0.2) is 0 Å². The Morgan fingerprint density at radius 2 is 1.50 bits per heavy atom. The summed E-state index contributed by atoms with van der Waals surface area (Å²) in [6.07, 6.45) is 2.51. The summed E-state index contributed by atoms with van der Waals surface area (Å²) in [6.45, 7) is 13.3. The monoisotopic (exact) mass is 244 g/mol. The van der Waals surface area contributed by atoms with Crippen LogP contribution < -0.4 is 0 Å². The maximum absolute atomic E-state index is 11.6. The van der Waals surface area contributed by atoms with Gasteiger partial charge in [-0.2, -0.15) is 11.8 Å². The average molecular weight is 244 g/mol. The van der Waals surface area contributed by atoms with Gasteiger partial charge in [0.1, 0.15) is 5.78 Å². The maximum Gasteiger partial charge on any atom is 0.133 e. The summed E-state index contributed by atoms with van der Waals surface area (Å²) >= 11 is 1.90. The third-order valence-corrected chi connectivity index (χ3v) is 3.78. The van der Waals surface area contributed by atoms with Gasteiger partial charge in [-0.15, -0.1) is 0 Å². The largest absolute Gasteiger partial charge is 0.300 e. The number of carbonyl (C=O) groups excluding carboxylic acids is 1. The molecule has 0 atom stereocenters. The Bertz CT molecular complexity index is 208. The summed E-state index contributed by atoms with van der Waals surface area (Å²) in [5, 5.41) is 0. The van der Waals surface area contributed by atoms with Crippen molar-refractivity contribution in [3.63, 3.8) is 0 Å². The van der Waals surface area contributed by atoms with Crippen LogP contribution in [0.5, 0.6) is 0 Å². The van der Waals surface area contributed by atoms with Crippen LogP contribution >= 0.6 is 11.8 Å². The summed E-state index contributed by atoms with van der Waals surface area (Å²) in [6, 6.07) is 0. The van der Waals surface area contributed by atoms with Crippen LogP contribution in [0.4, 0.5) is 0 Å². The fraction of sp³-hybridized carbons (Fsp3) is 0.929. The van der Waals surface area contributed by atoms with Crippen LogP contribution in [0.2, 0.25) is 0 Å². The zero-order chi connectivity index (χ0) is 12.8. The Hall–Kier alpha value is 0.0200. The zero-order valence-electron chi connectivity index (χ0n) is 11.9. The van der Waals surface area contributed by atoms with Crippen molar-refractivity contribution >= 4 is 17.5 Å². The van der Waals surface area contributed by atoms with E-state index in [1.54, 1.807) is 0 Å². The summed E-state index contributed by atoms with van der Waals surface area (Å²) in [7, 11) is 0. The summed E-state index contributed by atoms with van der Waals surface area (Å²) in [5.74, 6) is 2.55. The van der Waals surface area contributed by atoms with E-state index in [2.05, 4.69) is 41.5 Å². The maximum atomic E-state index is 11.6. The van der Waals surface area contributed by atoms with Crippen LogP contribution in [0.3, 0.4) is 0 Å². The second-order valence-electron chi connectivity index (χ2n) is 6.96. The molecule has 16 heavy (non-hydrogen) atoms. The Balaban J connectivity index is 3.52. The molecule has 0 aliphatic rings. The van der Waals surface area contributed by atoms with Gasteiger partial charge in [0.25, 0.3) is 0 Å². The molecule has 0 saturated carbocycles. The first kappa shape index (κ1) is 16.0. The smallest absolute Gasteiger partial charge is 0.133 e. The van der Waals surface area contributed by atoms with Crippen molar-refractivity contribution in [2.75, 3.05) is 11.5 Å².